The Morgan fingerprint density at radius 2 is 2.06 bits per heavy atom. The van der Waals surface area contributed by atoms with Gasteiger partial charge in [-0.25, -0.2) is 0 Å². The Bertz CT molecular complexity index is 277. The van der Waals surface area contributed by atoms with Crippen LogP contribution in [0, 0.1) is 0 Å². The highest BCUT2D eigenvalue weighted by atomic mass is 16.5. The van der Waals surface area contributed by atoms with Crippen LogP contribution in [0.25, 0.3) is 0 Å². The van der Waals surface area contributed by atoms with E-state index in [1.54, 1.807) is 0 Å². The topological polar surface area (TPSA) is 92.9 Å². The summed E-state index contributed by atoms with van der Waals surface area (Å²) in [6.07, 6.45) is 3.79. The highest BCUT2D eigenvalue weighted by Gasteiger charge is 2.31. The van der Waals surface area contributed by atoms with Crippen molar-refractivity contribution in [1.82, 2.24) is 4.90 Å². The van der Waals surface area contributed by atoms with Crippen LogP contribution in [0.15, 0.2) is 0 Å². The monoisotopic (exact) mass is 244 g/mol. The van der Waals surface area contributed by atoms with Crippen molar-refractivity contribution < 1.29 is 19.4 Å². The largest absolute Gasteiger partial charge is 0.480 e. The number of ether oxygens (including phenoxy) is 1. The molecule has 6 nitrogen and oxygen atoms in total. The standard InChI is InChI=1S/C11H20N2O4/c1-17-7-9(12)11(16)13(6-10(14)15)8-4-2-3-5-8/h8-9H,2-7,12H2,1H3,(H,14,15). The minimum atomic E-state index is -1.00. The summed E-state index contributed by atoms with van der Waals surface area (Å²) in [6.45, 7) is -0.164. The molecule has 1 atom stereocenters. The minimum Gasteiger partial charge on any atom is -0.480 e. The molecule has 0 radical (unpaired) electrons. The number of carboxylic acids is 1. The summed E-state index contributed by atoms with van der Waals surface area (Å²) in [6, 6.07) is -0.763. The van der Waals surface area contributed by atoms with Crippen molar-refractivity contribution >= 4 is 11.9 Å². The number of rotatable bonds is 6. The molecule has 6 heteroatoms. The first-order chi connectivity index (χ1) is 8.06. The number of carbonyl (C=O) groups is 2. The van der Waals surface area contributed by atoms with E-state index < -0.39 is 12.0 Å². The van der Waals surface area contributed by atoms with Crippen molar-refractivity contribution in [2.45, 2.75) is 37.8 Å². The van der Waals surface area contributed by atoms with Crippen LogP contribution in [-0.2, 0) is 14.3 Å². The Labute approximate surface area is 101 Å². The van der Waals surface area contributed by atoms with E-state index in [0.29, 0.717) is 0 Å². The molecule has 1 rings (SSSR count). The van der Waals surface area contributed by atoms with Gasteiger partial charge in [0.25, 0.3) is 0 Å². The summed E-state index contributed by atoms with van der Waals surface area (Å²) in [4.78, 5) is 24.2. The SMILES string of the molecule is COCC(N)C(=O)N(CC(=O)O)C1CCCC1. The van der Waals surface area contributed by atoms with E-state index in [-0.39, 0.29) is 25.1 Å². The van der Waals surface area contributed by atoms with Crippen molar-refractivity contribution in [2.24, 2.45) is 5.73 Å². The number of hydrogen-bond donors (Lipinski definition) is 2. The molecule has 1 saturated carbocycles. The molecule has 1 aliphatic rings. The van der Waals surface area contributed by atoms with Crippen LogP contribution in [0.2, 0.25) is 0 Å². The smallest absolute Gasteiger partial charge is 0.323 e. The predicted octanol–water partition coefficient (Wildman–Crippen LogP) is -0.184. The van der Waals surface area contributed by atoms with Crippen LogP contribution >= 0.6 is 0 Å². The summed E-state index contributed by atoms with van der Waals surface area (Å²) in [5.41, 5.74) is 5.66. The molecule has 0 aliphatic heterocycles. The number of aliphatic carboxylic acids is 1. The van der Waals surface area contributed by atoms with Crippen molar-refractivity contribution in [3.8, 4) is 0 Å². The fraction of sp³-hybridized carbons (Fsp3) is 0.818. The normalized spacial score (nSPS) is 18.0. The van der Waals surface area contributed by atoms with Crippen molar-refractivity contribution in [2.75, 3.05) is 20.3 Å². The average Bonchev–Trinajstić information content (AvgIpc) is 2.78. The molecule has 1 aliphatic carbocycles. The second-order valence-electron chi connectivity index (χ2n) is 4.36. The van der Waals surface area contributed by atoms with Gasteiger partial charge in [-0.2, -0.15) is 0 Å². The molecule has 0 saturated heterocycles. The summed E-state index contributed by atoms with van der Waals surface area (Å²) in [5.74, 6) is -1.34. The molecule has 17 heavy (non-hydrogen) atoms. The number of nitrogens with zero attached hydrogens (tertiary/aromatic N) is 1. The zero-order chi connectivity index (χ0) is 12.8. The van der Waals surface area contributed by atoms with E-state index in [2.05, 4.69) is 0 Å². The van der Waals surface area contributed by atoms with E-state index >= 15 is 0 Å². The predicted molar refractivity (Wildman–Crippen MR) is 61.5 cm³/mol. The van der Waals surface area contributed by atoms with Gasteiger partial charge in [-0.1, -0.05) is 12.8 Å². The zero-order valence-electron chi connectivity index (χ0n) is 10.1. The van der Waals surface area contributed by atoms with Gasteiger partial charge in [0.2, 0.25) is 5.91 Å². The molecule has 0 spiro atoms. The van der Waals surface area contributed by atoms with Gasteiger partial charge < -0.3 is 20.5 Å². The van der Waals surface area contributed by atoms with Crippen LogP contribution in [0.5, 0.6) is 0 Å². The molecule has 0 bridgehead atoms. The van der Waals surface area contributed by atoms with Crippen LogP contribution in [-0.4, -0.2) is 54.2 Å². The number of hydrogen-bond acceptors (Lipinski definition) is 4. The Morgan fingerprint density at radius 1 is 1.47 bits per heavy atom. The molecule has 1 amide bonds. The zero-order valence-corrected chi connectivity index (χ0v) is 10.1. The van der Waals surface area contributed by atoms with E-state index in [4.69, 9.17) is 15.6 Å². The molecule has 3 N–H and O–H groups in total. The van der Waals surface area contributed by atoms with Gasteiger partial charge in [-0.05, 0) is 12.8 Å². The molecule has 0 aromatic heterocycles. The Morgan fingerprint density at radius 3 is 2.53 bits per heavy atom. The van der Waals surface area contributed by atoms with Gasteiger partial charge >= 0.3 is 5.97 Å². The Hall–Kier alpha value is -1.14. The third-order valence-electron chi connectivity index (χ3n) is 3.02. The van der Waals surface area contributed by atoms with Crippen molar-refractivity contribution in [3.05, 3.63) is 0 Å². The molecule has 0 aromatic carbocycles. The third-order valence-corrected chi connectivity index (χ3v) is 3.02. The fourth-order valence-corrected chi connectivity index (χ4v) is 2.21. The lowest BCUT2D eigenvalue weighted by Gasteiger charge is -2.29. The van der Waals surface area contributed by atoms with E-state index in [0.717, 1.165) is 25.7 Å². The molecule has 0 heterocycles. The van der Waals surface area contributed by atoms with Crippen LogP contribution in [0.1, 0.15) is 25.7 Å². The number of carbonyl (C=O) groups excluding carboxylic acids is 1. The number of methoxy groups -OCH3 is 1. The summed E-state index contributed by atoms with van der Waals surface area (Å²) >= 11 is 0. The Kier molecular flexibility index (Phi) is 5.37. The number of nitrogens with two attached hydrogens (primary N) is 1. The third kappa shape index (κ3) is 3.98. The molecule has 98 valence electrons. The lowest BCUT2D eigenvalue weighted by atomic mass is 10.1. The maximum Gasteiger partial charge on any atom is 0.323 e. The van der Waals surface area contributed by atoms with Gasteiger partial charge in [0.1, 0.15) is 12.6 Å². The van der Waals surface area contributed by atoms with E-state index in [9.17, 15) is 9.59 Å². The first kappa shape index (κ1) is 13.9. The Balaban J connectivity index is 2.67. The molecule has 1 unspecified atom stereocenters. The van der Waals surface area contributed by atoms with E-state index in [1.165, 1.54) is 12.0 Å². The van der Waals surface area contributed by atoms with Gasteiger partial charge in [-0.3, -0.25) is 9.59 Å². The lowest BCUT2D eigenvalue weighted by Crippen LogP contribution is -2.51. The van der Waals surface area contributed by atoms with Crippen LogP contribution in [0.3, 0.4) is 0 Å². The number of amides is 1. The highest BCUT2D eigenvalue weighted by Crippen LogP contribution is 2.23. The number of carboxylic acid groups (broad SMARTS) is 1. The molecule has 0 aromatic rings. The molecular weight excluding hydrogens is 224 g/mol. The van der Waals surface area contributed by atoms with Gasteiger partial charge in [0.15, 0.2) is 0 Å². The maximum atomic E-state index is 12.0. The summed E-state index contributed by atoms with van der Waals surface area (Å²) < 4.78 is 4.82. The fourth-order valence-electron chi connectivity index (χ4n) is 2.21. The first-order valence-corrected chi connectivity index (χ1v) is 5.83. The second kappa shape index (κ2) is 6.56. The molecule has 1 fully saturated rings. The van der Waals surface area contributed by atoms with Gasteiger partial charge in [0.05, 0.1) is 6.61 Å². The first-order valence-electron chi connectivity index (χ1n) is 5.83. The molecular formula is C11H20N2O4. The van der Waals surface area contributed by atoms with Crippen LogP contribution < -0.4 is 5.73 Å². The van der Waals surface area contributed by atoms with Gasteiger partial charge in [0, 0.05) is 13.2 Å². The second-order valence-corrected chi connectivity index (χ2v) is 4.36. The summed E-state index contributed by atoms with van der Waals surface area (Å²) in [7, 11) is 1.46. The highest BCUT2D eigenvalue weighted by molar-refractivity contribution is 5.85. The minimum absolute atomic E-state index is 0.0153. The lowest BCUT2D eigenvalue weighted by molar-refractivity contribution is -0.147. The van der Waals surface area contributed by atoms with Crippen molar-refractivity contribution in [3.63, 3.8) is 0 Å². The summed E-state index contributed by atoms with van der Waals surface area (Å²) in [5, 5.41) is 8.84. The van der Waals surface area contributed by atoms with Crippen LogP contribution in [0.4, 0.5) is 0 Å². The maximum absolute atomic E-state index is 12.0. The van der Waals surface area contributed by atoms with Gasteiger partial charge in [-0.15, -0.1) is 0 Å². The quantitative estimate of drug-likeness (QED) is 0.676. The average molecular weight is 244 g/mol. The van der Waals surface area contributed by atoms with Crippen molar-refractivity contribution in [1.29, 1.82) is 0 Å². The van der Waals surface area contributed by atoms with E-state index in [1.807, 2.05) is 0 Å².